The minimum absolute atomic E-state index is 0.251. The van der Waals surface area contributed by atoms with Crippen LogP contribution in [0.3, 0.4) is 0 Å². The van der Waals surface area contributed by atoms with E-state index < -0.39 is 5.97 Å². The number of nitrogens with zero attached hydrogens (tertiary/aromatic N) is 4. The van der Waals surface area contributed by atoms with Crippen LogP contribution in [0.15, 0.2) is 54.9 Å². The van der Waals surface area contributed by atoms with Crippen molar-refractivity contribution in [2.45, 2.75) is 26.2 Å². The Bertz CT molecular complexity index is 921. The summed E-state index contributed by atoms with van der Waals surface area (Å²) in [7, 11) is 0. The molecule has 0 saturated heterocycles. The number of esters is 1. The molecule has 138 valence electrons. The van der Waals surface area contributed by atoms with Crippen molar-refractivity contribution < 1.29 is 14.3 Å². The van der Waals surface area contributed by atoms with E-state index in [1.807, 2.05) is 12.1 Å². The fourth-order valence-electron chi connectivity index (χ4n) is 2.64. The van der Waals surface area contributed by atoms with Crippen molar-refractivity contribution in [2.24, 2.45) is 0 Å². The quantitative estimate of drug-likeness (QED) is 0.472. The van der Waals surface area contributed by atoms with Gasteiger partial charge in [0.1, 0.15) is 6.33 Å². The lowest BCUT2D eigenvalue weighted by Crippen LogP contribution is -2.16. The maximum Gasteiger partial charge on any atom is 0.340 e. The van der Waals surface area contributed by atoms with Gasteiger partial charge in [-0.1, -0.05) is 50.2 Å². The third kappa shape index (κ3) is 4.25. The second kappa shape index (κ2) is 8.35. The molecule has 0 radical (unpaired) electrons. The van der Waals surface area contributed by atoms with Gasteiger partial charge in [-0.25, -0.2) is 4.79 Å². The Balaban J connectivity index is 1.67. The summed E-state index contributed by atoms with van der Waals surface area (Å²) in [5.41, 5.74) is 2.47. The van der Waals surface area contributed by atoms with Crippen LogP contribution in [0.2, 0.25) is 0 Å². The highest BCUT2D eigenvalue weighted by molar-refractivity contribution is 6.00. The molecule has 1 heterocycles. The first-order chi connectivity index (χ1) is 13.1. The van der Waals surface area contributed by atoms with E-state index >= 15 is 0 Å². The van der Waals surface area contributed by atoms with E-state index in [-0.39, 0.29) is 18.0 Å². The highest BCUT2D eigenvalue weighted by Gasteiger charge is 2.17. The van der Waals surface area contributed by atoms with Crippen LogP contribution in [0, 0.1) is 0 Å². The molecule has 0 amide bonds. The number of benzene rings is 2. The van der Waals surface area contributed by atoms with Gasteiger partial charge < -0.3 is 4.74 Å². The van der Waals surface area contributed by atoms with Crippen molar-refractivity contribution in [2.75, 3.05) is 6.61 Å². The largest absolute Gasteiger partial charge is 0.454 e. The summed E-state index contributed by atoms with van der Waals surface area (Å²) >= 11 is 0. The van der Waals surface area contributed by atoms with E-state index in [0.717, 1.165) is 6.42 Å². The molecule has 2 aromatic carbocycles. The lowest BCUT2D eigenvalue weighted by atomic mass is 9.97. The zero-order chi connectivity index (χ0) is 19.2. The smallest absolute Gasteiger partial charge is 0.340 e. The Morgan fingerprint density at radius 2 is 1.85 bits per heavy atom. The summed E-state index contributed by atoms with van der Waals surface area (Å²) in [5.74, 6) is -0.417. The van der Waals surface area contributed by atoms with Crippen LogP contribution in [-0.4, -0.2) is 38.6 Å². The fourth-order valence-corrected chi connectivity index (χ4v) is 2.64. The molecule has 0 saturated carbocycles. The highest BCUT2D eigenvalue weighted by Crippen LogP contribution is 2.19. The number of rotatable bonds is 7. The van der Waals surface area contributed by atoms with E-state index in [0.29, 0.717) is 17.2 Å². The zero-order valence-electron chi connectivity index (χ0n) is 15.2. The SMILES string of the molecule is CC[C@H](C)c1ccc(C(=O)COC(=O)c2ccccc2-n2cnnn2)cc1. The number of ether oxygens (including phenoxy) is 1. The summed E-state index contributed by atoms with van der Waals surface area (Å²) in [4.78, 5) is 24.8. The van der Waals surface area contributed by atoms with Gasteiger partial charge in [0, 0.05) is 5.56 Å². The van der Waals surface area contributed by atoms with Gasteiger partial charge in [0.15, 0.2) is 12.4 Å². The van der Waals surface area contributed by atoms with Gasteiger partial charge in [-0.05, 0) is 40.5 Å². The molecule has 7 heteroatoms. The molecule has 0 unspecified atom stereocenters. The number of Topliss-reactive ketones (excluding diaryl/α,β-unsaturated/α-hetero) is 1. The summed E-state index contributed by atoms with van der Waals surface area (Å²) in [6.45, 7) is 3.93. The molecular weight excluding hydrogens is 344 g/mol. The Labute approximate surface area is 157 Å². The van der Waals surface area contributed by atoms with E-state index in [9.17, 15) is 9.59 Å². The normalized spacial score (nSPS) is 11.8. The maximum absolute atomic E-state index is 12.4. The van der Waals surface area contributed by atoms with Crippen LogP contribution in [0.25, 0.3) is 5.69 Å². The Morgan fingerprint density at radius 1 is 1.11 bits per heavy atom. The van der Waals surface area contributed by atoms with Crippen molar-refractivity contribution >= 4 is 11.8 Å². The number of carbonyl (C=O) groups is 2. The van der Waals surface area contributed by atoms with Crippen LogP contribution in [0.4, 0.5) is 0 Å². The number of hydrogen-bond acceptors (Lipinski definition) is 6. The molecule has 1 atom stereocenters. The van der Waals surface area contributed by atoms with Crippen LogP contribution < -0.4 is 0 Å². The van der Waals surface area contributed by atoms with Crippen LogP contribution in [-0.2, 0) is 4.74 Å². The number of aromatic nitrogens is 4. The summed E-state index contributed by atoms with van der Waals surface area (Å²) in [6, 6.07) is 14.2. The van der Waals surface area contributed by atoms with Gasteiger partial charge in [-0.3, -0.25) is 4.79 Å². The average molecular weight is 364 g/mol. The van der Waals surface area contributed by atoms with E-state index in [2.05, 4.69) is 29.4 Å². The molecular formula is C20H20N4O3. The molecule has 0 aliphatic rings. The molecule has 1 aromatic heterocycles. The fraction of sp³-hybridized carbons (Fsp3) is 0.250. The van der Waals surface area contributed by atoms with Crippen LogP contribution in [0.5, 0.6) is 0 Å². The topological polar surface area (TPSA) is 87.0 Å². The number of hydrogen-bond donors (Lipinski definition) is 0. The predicted octanol–water partition coefficient (Wildman–Crippen LogP) is 3.22. The summed E-state index contributed by atoms with van der Waals surface area (Å²) in [5, 5.41) is 10.9. The van der Waals surface area contributed by atoms with Crippen molar-refractivity contribution in [1.82, 2.24) is 20.2 Å². The molecule has 0 fully saturated rings. The first-order valence-corrected chi connectivity index (χ1v) is 8.72. The summed E-state index contributed by atoms with van der Waals surface area (Å²) in [6.07, 6.45) is 2.42. The third-order valence-corrected chi connectivity index (χ3v) is 4.47. The lowest BCUT2D eigenvalue weighted by molar-refractivity contribution is 0.0474. The molecule has 3 aromatic rings. The van der Waals surface area contributed by atoms with Gasteiger partial charge in [-0.2, -0.15) is 4.68 Å². The standard InChI is InChI=1S/C20H20N4O3/c1-3-14(2)15-8-10-16(11-9-15)19(25)12-27-20(26)17-6-4-5-7-18(17)24-13-21-22-23-24/h4-11,13-14H,3,12H2,1-2H3/t14-/m0/s1. The van der Waals surface area contributed by atoms with Crippen LogP contribution >= 0.6 is 0 Å². The Morgan fingerprint density at radius 3 is 2.52 bits per heavy atom. The second-order valence-electron chi connectivity index (χ2n) is 6.20. The van der Waals surface area contributed by atoms with Crippen molar-refractivity contribution in [3.63, 3.8) is 0 Å². The molecule has 0 aliphatic carbocycles. The third-order valence-electron chi connectivity index (χ3n) is 4.47. The van der Waals surface area contributed by atoms with Crippen molar-refractivity contribution in [3.8, 4) is 5.69 Å². The minimum atomic E-state index is -0.606. The molecule has 0 bridgehead atoms. The Kier molecular flexibility index (Phi) is 5.71. The van der Waals surface area contributed by atoms with Crippen molar-refractivity contribution in [1.29, 1.82) is 0 Å². The number of carbonyl (C=O) groups excluding carboxylic acids is 2. The molecule has 7 nitrogen and oxygen atoms in total. The van der Waals surface area contributed by atoms with Crippen molar-refractivity contribution in [3.05, 3.63) is 71.5 Å². The van der Waals surface area contributed by atoms with E-state index in [1.165, 1.54) is 16.6 Å². The monoisotopic (exact) mass is 364 g/mol. The number of ketones is 1. The van der Waals surface area contributed by atoms with E-state index in [1.54, 1.807) is 36.4 Å². The number of tetrazole rings is 1. The van der Waals surface area contributed by atoms with E-state index in [4.69, 9.17) is 4.74 Å². The second-order valence-corrected chi connectivity index (χ2v) is 6.20. The summed E-state index contributed by atoms with van der Waals surface area (Å²) < 4.78 is 6.58. The highest BCUT2D eigenvalue weighted by atomic mass is 16.5. The minimum Gasteiger partial charge on any atom is -0.454 e. The Hall–Kier alpha value is -3.35. The molecule has 0 aliphatic heterocycles. The average Bonchev–Trinajstić information content (AvgIpc) is 3.26. The first kappa shape index (κ1) is 18.4. The van der Waals surface area contributed by atoms with Gasteiger partial charge in [0.2, 0.25) is 0 Å². The molecule has 0 spiro atoms. The van der Waals surface area contributed by atoms with Gasteiger partial charge >= 0.3 is 5.97 Å². The molecule has 3 rings (SSSR count). The van der Waals surface area contributed by atoms with Crippen LogP contribution in [0.1, 0.15) is 52.5 Å². The predicted molar refractivity (Wildman–Crippen MR) is 98.9 cm³/mol. The maximum atomic E-state index is 12.4. The first-order valence-electron chi connectivity index (χ1n) is 8.72. The lowest BCUT2D eigenvalue weighted by Gasteiger charge is -2.10. The van der Waals surface area contributed by atoms with Gasteiger partial charge in [0.05, 0.1) is 11.3 Å². The number of para-hydroxylation sites is 1. The van der Waals surface area contributed by atoms with Gasteiger partial charge in [0.25, 0.3) is 0 Å². The zero-order valence-corrected chi connectivity index (χ0v) is 15.2. The molecule has 0 N–H and O–H groups in total. The van der Waals surface area contributed by atoms with Gasteiger partial charge in [-0.15, -0.1) is 5.10 Å². The molecule has 27 heavy (non-hydrogen) atoms.